The highest BCUT2D eigenvalue weighted by molar-refractivity contribution is 7.13. The summed E-state index contributed by atoms with van der Waals surface area (Å²) in [6.07, 6.45) is 3.72. The second kappa shape index (κ2) is 7.01. The van der Waals surface area contributed by atoms with Crippen LogP contribution in [0, 0.1) is 0 Å². The Bertz CT molecular complexity index is 821. The van der Waals surface area contributed by atoms with E-state index in [9.17, 15) is 0 Å². The molecular formula is C19H20N2O2S. The lowest BCUT2D eigenvalue weighted by molar-refractivity contribution is 0.397. The Morgan fingerprint density at radius 2 is 1.75 bits per heavy atom. The number of methoxy groups -OCH3 is 2. The highest BCUT2D eigenvalue weighted by atomic mass is 32.1. The first-order valence-electron chi connectivity index (χ1n) is 7.76. The van der Waals surface area contributed by atoms with E-state index in [1.807, 2.05) is 36.0 Å². The minimum absolute atomic E-state index is 0.413. The molecule has 0 bridgehead atoms. The summed E-state index contributed by atoms with van der Waals surface area (Å²) in [5.74, 6) is 1.92. The molecule has 5 heteroatoms. The molecular weight excluding hydrogens is 320 g/mol. The Kier molecular flexibility index (Phi) is 4.81. The van der Waals surface area contributed by atoms with Crippen molar-refractivity contribution >= 4 is 11.3 Å². The molecule has 0 atom stereocenters. The predicted octanol–water partition coefficient (Wildman–Crippen LogP) is 5.01. The van der Waals surface area contributed by atoms with Crippen molar-refractivity contribution < 1.29 is 9.47 Å². The molecule has 0 aliphatic carbocycles. The van der Waals surface area contributed by atoms with Crippen molar-refractivity contribution in [2.45, 2.75) is 19.8 Å². The van der Waals surface area contributed by atoms with Gasteiger partial charge in [0.15, 0.2) is 0 Å². The van der Waals surface area contributed by atoms with Gasteiger partial charge < -0.3 is 9.47 Å². The maximum absolute atomic E-state index is 5.49. The molecule has 124 valence electrons. The van der Waals surface area contributed by atoms with Gasteiger partial charge in [0.2, 0.25) is 0 Å². The molecule has 24 heavy (non-hydrogen) atoms. The van der Waals surface area contributed by atoms with E-state index < -0.39 is 0 Å². The van der Waals surface area contributed by atoms with Gasteiger partial charge >= 0.3 is 0 Å². The number of aromatic nitrogens is 2. The van der Waals surface area contributed by atoms with Crippen molar-refractivity contribution in [2.24, 2.45) is 0 Å². The summed E-state index contributed by atoms with van der Waals surface area (Å²) in [4.78, 5) is 9.10. The minimum atomic E-state index is 0.413. The Morgan fingerprint density at radius 1 is 1.04 bits per heavy atom. The van der Waals surface area contributed by atoms with Crippen molar-refractivity contribution in [2.75, 3.05) is 14.2 Å². The summed E-state index contributed by atoms with van der Waals surface area (Å²) in [7, 11) is 3.31. The first-order chi connectivity index (χ1) is 11.7. The van der Waals surface area contributed by atoms with Gasteiger partial charge in [-0.25, -0.2) is 4.98 Å². The van der Waals surface area contributed by atoms with Gasteiger partial charge in [-0.15, -0.1) is 11.3 Å². The molecule has 0 aliphatic rings. The van der Waals surface area contributed by atoms with Crippen molar-refractivity contribution in [1.29, 1.82) is 0 Å². The SMILES string of the molecule is COc1cccc(OC)c1-c1csc(-c2cnccc2C(C)C)n1. The largest absolute Gasteiger partial charge is 0.496 e. The zero-order chi connectivity index (χ0) is 17.1. The van der Waals surface area contributed by atoms with Crippen LogP contribution in [-0.4, -0.2) is 24.2 Å². The van der Waals surface area contributed by atoms with Gasteiger partial charge in [0.25, 0.3) is 0 Å². The van der Waals surface area contributed by atoms with E-state index in [-0.39, 0.29) is 0 Å². The van der Waals surface area contributed by atoms with Gasteiger partial charge in [-0.3, -0.25) is 4.98 Å². The smallest absolute Gasteiger partial charge is 0.132 e. The van der Waals surface area contributed by atoms with E-state index in [1.165, 1.54) is 5.56 Å². The van der Waals surface area contributed by atoms with Crippen molar-refractivity contribution in [3.05, 3.63) is 47.6 Å². The number of rotatable bonds is 5. The van der Waals surface area contributed by atoms with Gasteiger partial charge in [0, 0.05) is 23.3 Å². The summed E-state index contributed by atoms with van der Waals surface area (Å²) >= 11 is 1.61. The summed E-state index contributed by atoms with van der Waals surface area (Å²) in [5, 5.41) is 2.99. The van der Waals surface area contributed by atoms with E-state index in [0.29, 0.717) is 5.92 Å². The van der Waals surface area contributed by atoms with Gasteiger partial charge in [-0.2, -0.15) is 0 Å². The molecule has 0 aliphatic heterocycles. The number of thiazole rings is 1. The quantitative estimate of drug-likeness (QED) is 0.655. The molecule has 2 aromatic heterocycles. The molecule has 0 radical (unpaired) electrons. The fourth-order valence-corrected chi connectivity index (χ4v) is 3.55. The first kappa shape index (κ1) is 16.5. The Morgan fingerprint density at radius 3 is 2.38 bits per heavy atom. The third-order valence-corrected chi connectivity index (χ3v) is 4.77. The maximum atomic E-state index is 5.49. The van der Waals surface area contributed by atoms with Crippen LogP contribution in [0.1, 0.15) is 25.3 Å². The van der Waals surface area contributed by atoms with Crippen LogP contribution in [0.2, 0.25) is 0 Å². The Labute approximate surface area is 146 Å². The van der Waals surface area contributed by atoms with Crippen LogP contribution in [0.3, 0.4) is 0 Å². The summed E-state index contributed by atoms with van der Waals surface area (Å²) in [6, 6.07) is 7.80. The van der Waals surface area contributed by atoms with Crippen LogP contribution in [0.5, 0.6) is 11.5 Å². The van der Waals surface area contributed by atoms with E-state index in [4.69, 9.17) is 14.5 Å². The summed E-state index contributed by atoms with van der Waals surface area (Å²) < 4.78 is 11.0. The Hall–Kier alpha value is -2.40. The van der Waals surface area contributed by atoms with Crippen molar-refractivity contribution in [3.63, 3.8) is 0 Å². The highest BCUT2D eigenvalue weighted by Crippen LogP contribution is 2.40. The Balaban J connectivity index is 2.11. The predicted molar refractivity (Wildman–Crippen MR) is 98.0 cm³/mol. The second-order valence-corrected chi connectivity index (χ2v) is 6.55. The molecule has 4 nitrogen and oxygen atoms in total. The van der Waals surface area contributed by atoms with E-state index in [1.54, 1.807) is 25.6 Å². The van der Waals surface area contributed by atoms with E-state index >= 15 is 0 Å². The van der Waals surface area contributed by atoms with Crippen molar-refractivity contribution in [1.82, 2.24) is 9.97 Å². The summed E-state index contributed by atoms with van der Waals surface area (Å²) in [5.41, 5.74) is 4.05. The number of pyridine rings is 1. The van der Waals surface area contributed by atoms with Crippen LogP contribution >= 0.6 is 11.3 Å². The lowest BCUT2D eigenvalue weighted by atomic mass is 10.00. The molecule has 0 unspecified atom stereocenters. The zero-order valence-electron chi connectivity index (χ0n) is 14.2. The van der Waals surface area contributed by atoms with Crippen LogP contribution < -0.4 is 9.47 Å². The number of hydrogen-bond acceptors (Lipinski definition) is 5. The van der Waals surface area contributed by atoms with Gasteiger partial charge in [0.05, 0.1) is 25.5 Å². The molecule has 0 spiro atoms. The maximum Gasteiger partial charge on any atom is 0.132 e. The zero-order valence-corrected chi connectivity index (χ0v) is 15.1. The molecule has 0 saturated heterocycles. The standard InChI is InChI=1S/C19H20N2O2S/c1-12(2)13-8-9-20-10-14(13)19-21-15(11-24-19)18-16(22-3)6-5-7-17(18)23-4/h5-12H,1-4H3. The third kappa shape index (κ3) is 2.99. The van der Waals surface area contributed by atoms with Gasteiger partial charge in [-0.1, -0.05) is 19.9 Å². The lowest BCUT2D eigenvalue weighted by Crippen LogP contribution is -1.94. The monoisotopic (exact) mass is 340 g/mol. The average Bonchev–Trinajstić information content (AvgIpc) is 3.10. The number of ether oxygens (including phenoxy) is 2. The number of benzene rings is 1. The van der Waals surface area contributed by atoms with Gasteiger partial charge in [0.1, 0.15) is 16.5 Å². The van der Waals surface area contributed by atoms with Crippen LogP contribution in [0.4, 0.5) is 0 Å². The fraction of sp³-hybridized carbons (Fsp3) is 0.263. The molecule has 0 fully saturated rings. The van der Waals surface area contributed by atoms with Crippen LogP contribution in [0.15, 0.2) is 42.0 Å². The number of nitrogens with zero attached hydrogens (tertiary/aromatic N) is 2. The average molecular weight is 340 g/mol. The minimum Gasteiger partial charge on any atom is -0.496 e. The van der Waals surface area contributed by atoms with Crippen molar-refractivity contribution in [3.8, 4) is 33.3 Å². The van der Waals surface area contributed by atoms with Crippen LogP contribution in [0.25, 0.3) is 21.8 Å². The first-order valence-corrected chi connectivity index (χ1v) is 8.64. The van der Waals surface area contributed by atoms with Gasteiger partial charge in [-0.05, 0) is 29.7 Å². The molecule has 3 aromatic rings. The molecule has 0 amide bonds. The molecule has 0 saturated carbocycles. The topological polar surface area (TPSA) is 44.2 Å². The third-order valence-electron chi connectivity index (χ3n) is 3.90. The fourth-order valence-electron chi connectivity index (χ4n) is 2.70. The molecule has 0 N–H and O–H groups in total. The van der Waals surface area contributed by atoms with Crippen LogP contribution in [-0.2, 0) is 0 Å². The molecule has 3 rings (SSSR count). The lowest BCUT2D eigenvalue weighted by Gasteiger charge is -2.11. The molecule has 2 heterocycles. The number of hydrogen-bond donors (Lipinski definition) is 0. The van der Waals surface area contributed by atoms with E-state index in [0.717, 1.165) is 33.3 Å². The normalized spacial score (nSPS) is 10.9. The van der Waals surface area contributed by atoms with E-state index in [2.05, 4.69) is 24.9 Å². The highest BCUT2D eigenvalue weighted by Gasteiger charge is 2.18. The molecule has 1 aromatic carbocycles. The summed E-state index contributed by atoms with van der Waals surface area (Å²) in [6.45, 7) is 4.35. The second-order valence-electron chi connectivity index (χ2n) is 5.69.